The number of pyridine rings is 1. The molecular weight excluding hydrogens is 372 g/mol. The van der Waals surface area contributed by atoms with Crippen molar-refractivity contribution in [2.45, 2.75) is 50.7 Å². The number of rotatable bonds is 5. The Morgan fingerprint density at radius 2 is 1.89 bits per heavy atom. The number of carbonyl (C=O) groups is 2. The van der Waals surface area contributed by atoms with Crippen LogP contribution in [0.25, 0.3) is 0 Å². The number of hydrogen-bond acceptors (Lipinski definition) is 6. The van der Waals surface area contributed by atoms with Gasteiger partial charge in [-0.1, -0.05) is 12.8 Å². The van der Waals surface area contributed by atoms with Crippen LogP contribution in [0.2, 0.25) is 0 Å². The normalized spacial score (nSPS) is 21.9. The van der Waals surface area contributed by atoms with Crippen LogP contribution in [0, 0.1) is 0 Å². The fourth-order valence-electron chi connectivity index (χ4n) is 4.00. The van der Waals surface area contributed by atoms with Gasteiger partial charge in [-0.3, -0.25) is 9.59 Å². The number of carbonyl (C=O) groups excluding carboxylic acids is 2. The number of esters is 1. The first-order chi connectivity index (χ1) is 12.8. The summed E-state index contributed by atoms with van der Waals surface area (Å²) in [6, 6.07) is 2.24. The van der Waals surface area contributed by atoms with Gasteiger partial charge < -0.3 is 14.2 Å². The van der Waals surface area contributed by atoms with Crippen LogP contribution in [0.15, 0.2) is 23.1 Å². The average molecular weight is 396 g/mol. The number of methoxy groups -OCH3 is 1. The van der Waals surface area contributed by atoms with Crippen LogP contribution in [0.1, 0.15) is 42.5 Å². The number of ether oxygens (including phenoxy) is 1. The summed E-state index contributed by atoms with van der Waals surface area (Å²) in [6.07, 6.45) is 5.45. The quantitative estimate of drug-likeness (QED) is 0.675. The van der Waals surface area contributed by atoms with E-state index in [0.29, 0.717) is 6.42 Å². The summed E-state index contributed by atoms with van der Waals surface area (Å²) in [5, 5.41) is 0. The van der Waals surface area contributed by atoms with E-state index in [1.54, 1.807) is 4.90 Å². The summed E-state index contributed by atoms with van der Waals surface area (Å²) in [4.78, 5) is 38.6. The van der Waals surface area contributed by atoms with E-state index in [1.807, 2.05) is 0 Å². The van der Waals surface area contributed by atoms with Gasteiger partial charge in [-0.2, -0.15) is 0 Å². The molecule has 2 aliphatic rings. The minimum absolute atomic E-state index is 0.00953. The molecule has 1 aromatic rings. The summed E-state index contributed by atoms with van der Waals surface area (Å²) < 4.78 is 29.6. The van der Waals surface area contributed by atoms with Gasteiger partial charge in [0.2, 0.25) is 5.91 Å². The fourth-order valence-corrected chi connectivity index (χ4v) is 5.71. The van der Waals surface area contributed by atoms with E-state index in [4.69, 9.17) is 0 Å². The Hall–Kier alpha value is -2.16. The Morgan fingerprint density at radius 1 is 1.19 bits per heavy atom. The van der Waals surface area contributed by atoms with E-state index < -0.39 is 21.4 Å². The monoisotopic (exact) mass is 396 g/mol. The van der Waals surface area contributed by atoms with Crippen molar-refractivity contribution in [2.24, 2.45) is 0 Å². The summed E-state index contributed by atoms with van der Waals surface area (Å²) in [7, 11) is -1.89. The number of nitrogens with zero attached hydrogens (tertiary/aromatic N) is 2. The van der Waals surface area contributed by atoms with Gasteiger partial charge in [0.1, 0.15) is 6.54 Å². The van der Waals surface area contributed by atoms with Crippen molar-refractivity contribution in [3.05, 3.63) is 34.2 Å². The van der Waals surface area contributed by atoms with E-state index >= 15 is 0 Å². The van der Waals surface area contributed by atoms with Gasteiger partial charge in [0.25, 0.3) is 5.56 Å². The minimum atomic E-state index is -3.13. The van der Waals surface area contributed by atoms with Gasteiger partial charge in [-0.25, -0.2) is 13.2 Å². The number of aromatic nitrogens is 1. The van der Waals surface area contributed by atoms with Gasteiger partial charge in [-0.15, -0.1) is 0 Å². The first-order valence-corrected chi connectivity index (χ1v) is 10.9. The predicted octanol–water partition coefficient (Wildman–Crippen LogP) is 0.593. The van der Waals surface area contributed by atoms with Crippen molar-refractivity contribution < 1.29 is 22.7 Å². The molecule has 3 rings (SSSR count). The van der Waals surface area contributed by atoms with Crippen LogP contribution in [0.5, 0.6) is 0 Å². The zero-order valence-electron chi connectivity index (χ0n) is 15.3. The molecule has 1 atom stereocenters. The molecule has 1 unspecified atom stereocenters. The van der Waals surface area contributed by atoms with Gasteiger partial charge >= 0.3 is 5.97 Å². The fraction of sp³-hybridized carbons (Fsp3) is 0.611. The van der Waals surface area contributed by atoms with Crippen molar-refractivity contribution in [1.82, 2.24) is 9.47 Å². The highest BCUT2D eigenvalue weighted by Gasteiger charge is 2.39. The van der Waals surface area contributed by atoms with Crippen molar-refractivity contribution in [1.29, 1.82) is 0 Å². The molecule has 1 aliphatic carbocycles. The highest BCUT2D eigenvalue weighted by molar-refractivity contribution is 7.91. The van der Waals surface area contributed by atoms with Crippen LogP contribution in [0.4, 0.5) is 0 Å². The minimum Gasteiger partial charge on any atom is -0.465 e. The molecule has 8 nitrogen and oxygen atoms in total. The van der Waals surface area contributed by atoms with Gasteiger partial charge in [0.15, 0.2) is 9.84 Å². The number of sulfone groups is 1. The van der Waals surface area contributed by atoms with E-state index in [2.05, 4.69) is 4.74 Å². The van der Waals surface area contributed by atoms with Crippen molar-refractivity contribution in [3.8, 4) is 0 Å². The summed E-state index contributed by atoms with van der Waals surface area (Å²) in [5.74, 6) is -0.808. The van der Waals surface area contributed by atoms with Crippen LogP contribution in [0.3, 0.4) is 0 Å². The van der Waals surface area contributed by atoms with Crippen molar-refractivity contribution in [2.75, 3.05) is 18.6 Å². The number of amides is 1. The third kappa shape index (κ3) is 4.40. The van der Waals surface area contributed by atoms with Gasteiger partial charge in [0.05, 0.1) is 24.2 Å². The summed E-state index contributed by atoms with van der Waals surface area (Å²) >= 11 is 0. The molecule has 0 spiro atoms. The molecule has 148 valence electrons. The summed E-state index contributed by atoms with van der Waals surface area (Å²) in [6.45, 7) is -0.225. The molecule has 1 saturated heterocycles. The molecule has 9 heteroatoms. The zero-order chi connectivity index (χ0) is 19.6. The molecule has 1 aliphatic heterocycles. The molecule has 1 saturated carbocycles. The Bertz CT molecular complexity index is 885. The van der Waals surface area contributed by atoms with Crippen molar-refractivity contribution in [3.63, 3.8) is 0 Å². The van der Waals surface area contributed by atoms with Crippen LogP contribution < -0.4 is 5.56 Å². The molecule has 0 N–H and O–H groups in total. The van der Waals surface area contributed by atoms with Crippen LogP contribution in [-0.4, -0.2) is 60.5 Å². The van der Waals surface area contributed by atoms with E-state index in [0.717, 1.165) is 25.7 Å². The van der Waals surface area contributed by atoms with E-state index in [-0.39, 0.29) is 41.6 Å². The maximum absolute atomic E-state index is 13.1. The molecule has 0 radical (unpaired) electrons. The molecule has 1 aromatic heterocycles. The lowest BCUT2D eigenvalue weighted by atomic mass is 10.1. The topological polar surface area (TPSA) is 103 Å². The standard InChI is InChI=1S/C18H24N2O6S/c1-26-18(23)13-6-7-16(21)19(10-13)11-17(22)20(14-4-2-3-5-14)15-8-9-27(24,25)12-15/h6-7,10,14-15H,2-5,8-9,11-12H2,1H3. The Morgan fingerprint density at radius 3 is 2.48 bits per heavy atom. The molecule has 2 heterocycles. The second kappa shape index (κ2) is 7.84. The second-order valence-electron chi connectivity index (χ2n) is 7.17. The lowest BCUT2D eigenvalue weighted by Crippen LogP contribution is -2.48. The molecule has 2 fully saturated rings. The Balaban J connectivity index is 1.84. The Labute approximate surface area is 158 Å². The highest BCUT2D eigenvalue weighted by atomic mass is 32.2. The molecule has 0 bridgehead atoms. The maximum Gasteiger partial charge on any atom is 0.339 e. The molecule has 0 aromatic carbocycles. The SMILES string of the molecule is COC(=O)c1ccc(=O)n(CC(=O)N(C2CCCC2)C2CCS(=O)(=O)C2)c1. The summed E-state index contributed by atoms with van der Waals surface area (Å²) in [5.41, 5.74) is -0.220. The van der Waals surface area contributed by atoms with Crippen LogP contribution >= 0.6 is 0 Å². The second-order valence-corrected chi connectivity index (χ2v) is 9.40. The molecule has 1 amide bonds. The third-order valence-corrected chi connectivity index (χ3v) is 7.07. The average Bonchev–Trinajstić information content (AvgIpc) is 3.26. The Kier molecular flexibility index (Phi) is 5.69. The molecule has 27 heavy (non-hydrogen) atoms. The molecular formula is C18H24N2O6S. The van der Waals surface area contributed by atoms with E-state index in [1.165, 1.54) is 30.0 Å². The van der Waals surface area contributed by atoms with Gasteiger partial charge in [0, 0.05) is 24.3 Å². The largest absolute Gasteiger partial charge is 0.465 e. The number of hydrogen-bond donors (Lipinski definition) is 0. The lowest BCUT2D eigenvalue weighted by Gasteiger charge is -2.34. The maximum atomic E-state index is 13.1. The van der Waals surface area contributed by atoms with Crippen molar-refractivity contribution >= 4 is 21.7 Å². The highest BCUT2D eigenvalue weighted by Crippen LogP contribution is 2.29. The van der Waals surface area contributed by atoms with Gasteiger partial charge in [-0.05, 0) is 25.3 Å². The first-order valence-electron chi connectivity index (χ1n) is 9.11. The lowest BCUT2D eigenvalue weighted by molar-refractivity contribution is -0.136. The van der Waals surface area contributed by atoms with E-state index in [9.17, 15) is 22.8 Å². The smallest absolute Gasteiger partial charge is 0.339 e. The first kappa shape index (κ1) is 19.6. The zero-order valence-corrected chi connectivity index (χ0v) is 16.1. The third-order valence-electron chi connectivity index (χ3n) is 5.32. The van der Waals surface area contributed by atoms with Crippen LogP contribution in [-0.2, 0) is 25.9 Å². The predicted molar refractivity (Wildman–Crippen MR) is 98.2 cm³/mol.